The maximum Gasteiger partial charge on any atom is 0.0890 e. The Morgan fingerprint density at radius 1 is 0.406 bits per heavy atom. The van der Waals surface area contributed by atoms with Crippen LogP contribution >= 0.6 is 0 Å². The Bertz CT molecular complexity index is 1150. The second-order valence-corrected chi connectivity index (χ2v) is 8.25. The van der Waals surface area contributed by atoms with E-state index < -0.39 is 0 Å². The highest BCUT2D eigenvalue weighted by molar-refractivity contribution is 5.83. The topological polar surface area (TPSA) is 25.8 Å². The molecule has 0 aliphatic rings. The number of benzene rings is 4. The van der Waals surface area contributed by atoms with E-state index in [-0.39, 0.29) is 0 Å². The third-order valence-electron chi connectivity index (χ3n) is 5.77. The van der Waals surface area contributed by atoms with Crippen molar-refractivity contribution in [2.45, 2.75) is 41.5 Å². The lowest BCUT2D eigenvalue weighted by atomic mass is 10.0. The van der Waals surface area contributed by atoms with Crippen molar-refractivity contribution in [2.75, 3.05) is 0 Å². The highest BCUT2D eigenvalue weighted by Gasteiger charge is 1.98. The molecule has 1 heterocycles. The summed E-state index contributed by atoms with van der Waals surface area (Å²) in [5.74, 6) is 0. The second-order valence-electron chi connectivity index (χ2n) is 8.25. The van der Waals surface area contributed by atoms with Gasteiger partial charge in [-0.3, -0.25) is 0 Å². The monoisotopic (exact) mass is 420 g/mol. The van der Waals surface area contributed by atoms with Crippen LogP contribution in [0.3, 0.4) is 0 Å². The molecule has 1 aromatic heterocycles. The largest absolute Gasteiger partial charge is 0.250 e. The molecule has 5 rings (SSSR count). The van der Waals surface area contributed by atoms with Crippen LogP contribution in [0.4, 0.5) is 0 Å². The van der Waals surface area contributed by atoms with Crippen molar-refractivity contribution in [1.82, 2.24) is 9.97 Å². The standard InChI is InChI=1S/C12H12.C10H10N2.C8H10/c1-9-7-11-5-3-4-6-12(11)8-10(9)2;1-7-8(2)12-10-6-4-3-5-9(10)11-7;1-7-5-3-4-6-8(7)2/h3-8H,1-2H3;3-6H,1-2H3;3-6H,1-2H3. The van der Waals surface area contributed by atoms with Crippen LogP contribution in [0.1, 0.15) is 33.6 Å². The zero-order chi connectivity index (χ0) is 23.1. The van der Waals surface area contributed by atoms with Crippen molar-refractivity contribution in [3.05, 3.63) is 119 Å². The first kappa shape index (κ1) is 23.1. The molecule has 2 heteroatoms. The maximum absolute atomic E-state index is 4.41. The summed E-state index contributed by atoms with van der Waals surface area (Å²) in [6.45, 7) is 12.5. The van der Waals surface area contributed by atoms with E-state index in [2.05, 4.69) is 98.3 Å². The average molecular weight is 421 g/mol. The lowest BCUT2D eigenvalue weighted by Gasteiger charge is -2.02. The molecule has 0 aliphatic heterocycles. The summed E-state index contributed by atoms with van der Waals surface area (Å²) in [7, 11) is 0. The zero-order valence-corrected chi connectivity index (χ0v) is 20.0. The average Bonchev–Trinajstić information content (AvgIpc) is 2.78. The molecule has 0 spiro atoms. The van der Waals surface area contributed by atoms with Crippen molar-refractivity contribution in [3.8, 4) is 0 Å². The van der Waals surface area contributed by atoms with Crippen molar-refractivity contribution >= 4 is 21.8 Å². The Morgan fingerprint density at radius 2 is 0.750 bits per heavy atom. The van der Waals surface area contributed by atoms with Crippen molar-refractivity contribution < 1.29 is 0 Å². The van der Waals surface area contributed by atoms with E-state index in [1.54, 1.807) is 0 Å². The molecule has 4 aromatic carbocycles. The molecule has 0 N–H and O–H groups in total. The predicted molar refractivity (Wildman–Crippen MR) is 138 cm³/mol. The molecule has 0 saturated heterocycles. The van der Waals surface area contributed by atoms with E-state index >= 15 is 0 Å². The van der Waals surface area contributed by atoms with Gasteiger partial charge in [0.05, 0.1) is 22.4 Å². The van der Waals surface area contributed by atoms with Crippen LogP contribution in [0.25, 0.3) is 21.8 Å². The van der Waals surface area contributed by atoms with Gasteiger partial charge in [-0.2, -0.15) is 0 Å². The lowest BCUT2D eigenvalue weighted by Crippen LogP contribution is -1.92. The molecular weight excluding hydrogens is 388 g/mol. The number of hydrogen-bond acceptors (Lipinski definition) is 2. The van der Waals surface area contributed by atoms with Crippen LogP contribution in [0, 0.1) is 41.5 Å². The van der Waals surface area contributed by atoms with E-state index in [1.165, 1.54) is 33.0 Å². The predicted octanol–water partition coefficient (Wildman–Crippen LogP) is 8.01. The minimum absolute atomic E-state index is 0.973. The Labute approximate surface area is 192 Å². The lowest BCUT2D eigenvalue weighted by molar-refractivity contribution is 1.10. The molecule has 0 amide bonds. The number of hydrogen-bond donors (Lipinski definition) is 0. The number of nitrogens with zero attached hydrogens (tertiary/aromatic N) is 2. The van der Waals surface area contributed by atoms with E-state index in [1.807, 2.05) is 38.1 Å². The summed E-state index contributed by atoms with van der Waals surface area (Å²) in [4.78, 5) is 8.83. The van der Waals surface area contributed by atoms with Crippen LogP contribution in [0.15, 0.2) is 84.9 Å². The third-order valence-corrected chi connectivity index (χ3v) is 5.77. The number of para-hydroxylation sites is 2. The summed E-state index contributed by atoms with van der Waals surface area (Å²) in [5, 5.41) is 2.67. The number of aromatic nitrogens is 2. The fraction of sp³-hybridized carbons (Fsp3) is 0.200. The molecule has 32 heavy (non-hydrogen) atoms. The van der Waals surface area contributed by atoms with Gasteiger partial charge in [-0.1, -0.05) is 72.8 Å². The van der Waals surface area contributed by atoms with Crippen LogP contribution < -0.4 is 0 Å². The van der Waals surface area contributed by atoms with E-state index in [9.17, 15) is 0 Å². The first-order valence-corrected chi connectivity index (χ1v) is 11.0. The molecule has 0 fully saturated rings. The molecule has 162 valence electrons. The molecular formula is C30H32N2. The highest BCUT2D eigenvalue weighted by atomic mass is 14.8. The Hall–Kier alpha value is -3.52. The number of aryl methyl sites for hydroxylation is 6. The highest BCUT2D eigenvalue weighted by Crippen LogP contribution is 2.18. The quantitative estimate of drug-likeness (QED) is 0.253. The maximum atomic E-state index is 4.41. The number of rotatable bonds is 0. The van der Waals surface area contributed by atoms with E-state index in [0.29, 0.717) is 0 Å². The Balaban J connectivity index is 0.000000139. The van der Waals surface area contributed by atoms with Gasteiger partial charge in [-0.25, -0.2) is 9.97 Å². The normalized spacial score (nSPS) is 10.2. The van der Waals surface area contributed by atoms with E-state index in [4.69, 9.17) is 0 Å². The van der Waals surface area contributed by atoms with Crippen molar-refractivity contribution in [2.24, 2.45) is 0 Å². The van der Waals surface area contributed by atoms with Crippen LogP contribution in [0.2, 0.25) is 0 Å². The van der Waals surface area contributed by atoms with Gasteiger partial charge in [0.25, 0.3) is 0 Å². The Morgan fingerprint density at radius 3 is 1.12 bits per heavy atom. The van der Waals surface area contributed by atoms with E-state index in [0.717, 1.165) is 22.4 Å². The zero-order valence-electron chi connectivity index (χ0n) is 20.0. The Kier molecular flexibility index (Phi) is 7.72. The fourth-order valence-corrected chi connectivity index (χ4v) is 3.31. The minimum Gasteiger partial charge on any atom is -0.250 e. The third kappa shape index (κ3) is 6.01. The van der Waals surface area contributed by atoms with Gasteiger partial charge in [0.1, 0.15) is 0 Å². The van der Waals surface area contributed by atoms with Crippen LogP contribution in [0.5, 0.6) is 0 Å². The van der Waals surface area contributed by atoms with Crippen molar-refractivity contribution in [3.63, 3.8) is 0 Å². The molecule has 0 radical (unpaired) electrons. The molecule has 0 saturated carbocycles. The molecule has 0 unspecified atom stereocenters. The molecule has 2 nitrogen and oxygen atoms in total. The van der Waals surface area contributed by atoms with Gasteiger partial charge in [-0.05, 0) is 86.7 Å². The minimum atomic E-state index is 0.973. The summed E-state index contributed by atoms with van der Waals surface area (Å²) in [5.41, 5.74) is 9.44. The summed E-state index contributed by atoms with van der Waals surface area (Å²) in [6.07, 6.45) is 0. The van der Waals surface area contributed by atoms with Gasteiger partial charge in [0.15, 0.2) is 0 Å². The van der Waals surface area contributed by atoms with Gasteiger partial charge in [0, 0.05) is 0 Å². The second kappa shape index (κ2) is 10.7. The van der Waals surface area contributed by atoms with Gasteiger partial charge in [-0.15, -0.1) is 0 Å². The van der Waals surface area contributed by atoms with Crippen LogP contribution in [-0.4, -0.2) is 9.97 Å². The van der Waals surface area contributed by atoms with Crippen molar-refractivity contribution in [1.29, 1.82) is 0 Å². The summed E-state index contributed by atoms with van der Waals surface area (Å²) < 4.78 is 0. The van der Waals surface area contributed by atoms with Gasteiger partial charge in [0.2, 0.25) is 0 Å². The molecule has 0 aliphatic carbocycles. The molecule has 5 aromatic rings. The van der Waals surface area contributed by atoms with Gasteiger partial charge >= 0.3 is 0 Å². The SMILES string of the molecule is Cc1cc2ccccc2cc1C.Cc1ccccc1C.Cc1nc2ccccc2nc1C. The number of fused-ring (bicyclic) bond motifs is 2. The summed E-state index contributed by atoms with van der Waals surface area (Å²) >= 11 is 0. The van der Waals surface area contributed by atoms with Crippen LogP contribution in [-0.2, 0) is 0 Å². The first-order valence-electron chi connectivity index (χ1n) is 11.0. The molecule has 0 bridgehead atoms. The first-order chi connectivity index (χ1) is 15.3. The van der Waals surface area contributed by atoms with Gasteiger partial charge < -0.3 is 0 Å². The fourth-order valence-electron chi connectivity index (χ4n) is 3.31. The summed E-state index contributed by atoms with van der Waals surface area (Å²) in [6, 6.07) is 29.2. The smallest absolute Gasteiger partial charge is 0.0890 e. The molecule has 0 atom stereocenters.